The molecule has 0 saturated carbocycles. The van der Waals surface area contributed by atoms with Crippen LogP contribution in [0.15, 0.2) is 54.2 Å². The zero-order chi connectivity index (χ0) is 16.8. The van der Waals surface area contributed by atoms with E-state index in [2.05, 4.69) is 16.2 Å². The van der Waals surface area contributed by atoms with Gasteiger partial charge in [-0.05, 0) is 29.6 Å². The fourth-order valence-electron chi connectivity index (χ4n) is 2.34. The van der Waals surface area contributed by atoms with Gasteiger partial charge in [0, 0.05) is 28.7 Å². The number of thiophene rings is 1. The van der Waals surface area contributed by atoms with Crippen LogP contribution in [0.1, 0.15) is 16.9 Å². The van der Waals surface area contributed by atoms with Crippen LogP contribution in [-0.2, 0) is 17.9 Å². The van der Waals surface area contributed by atoms with Gasteiger partial charge in [0.05, 0.1) is 19.3 Å². The van der Waals surface area contributed by atoms with Crippen molar-refractivity contribution in [3.8, 4) is 12.3 Å². The Balaban J connectivity index is 1.80. The Hall–Kier alpha value is -2.91. The lowest BCUT2D eigenvalue weighted by atomic mass is 10.2. The summed E-state index contributed by atoms with van der Waals surface area (Å²) in [6, 6.07) is 11.5. The summed E-state index contributed by atoms with van der Waals surface area (Å²) in [6.07, 6.45) is 9.17. The summed E-state index contributed by atoms with van der Waals surface area (Å²) in [5.41, 5.74) is 1.56. The summed E-state index contributed by atoms with van der Waals surface area (Å²) in [5.74, 6) is 2.64. The number of aryl methyl sites for hydroxylation is 1. The molecule has 24 heavy (non-hydrogen) atoms. The molecule has 3 aromatic rings. The molecular formula is C18H16N4OS. The molecule has 1 amide bonds. The molecular weight excluding hydrogens is 320 g/mol. The SMILES string of the molecule is C#Cc1cccc(N(Cc2cccs2)C(=O)CCn2ccnn2)c1. The molecule has 0 atom stereocenters. The number of carbonyl (C=O) groups is 1. The van der Waals surface area contributed by atoms with Crippen LogP contribution in [0.4, 0.5) is 5.69 Å². The van der Waals surface area contributed by atoms with Crippen molar-refractivity contribution >= 4 is 22.9 Å². The Morgan fingerprint density at radius 2 is 2.25 bits per heavy atom. The highest BCUT2D eigenvalue weighted by molar-refractivity contribution is 7.09. The van der Waals surface area contributed by atoms with Gasteiger partial charge in [0.25, 0.3) is 0 Å². The Kier molecular flexibility index (Phi) is 5.04. The molecule has 1 aromatic carbocycles. The Labute approximate surface area is 144 Å². The third kappa shape index (κ3) is 3.89. The molecule has 0 radical (unpaired) electrons. The van der Waals surface area contributed by atoms with Crippen LogP contribution in [-0.4, -0.2) is 20.9 Å². The highest BCUT2D eigenvalue weighted by atomic mass is 32.1. The van der Waals surface area contributed by atoms with Crippen molar-refractivity contribution in [2.24, 2.45) is 0 Å². The first-order valence-electron chi connectivity index (χ1n) is 7.50. The number of hydrogen-bond acceptors (Lipinski definition) is 4. The minimum atomic E-state index is 0.0214. The third-order valence-corrected chi connectivity index (χ3v) is 4.41. The predicted molar refractivity (Wildman–Crippen MR) is 94.5 cm³/mol. The van der Waals surface area contributed by atoms with Gasteiger partial charge >= 0.3 is 0 Å². The molecule has 0 aliphatic heterocycles. The quantitative estimate of drug-likeness (QED) is 0.650. The van der Waals surface area contributed by atoms with E-state index in [1.54, 1.807) is 33.3 Å². The highest BCUT2D eigenvalue weighted by Crippen LogP contribution is 2.22. The lowest BCUT2D eigenvalue weighted by molar-refractivity contribution is -0.119. The van der Waals surface area contributed by atoms with E-state index in [1.807, 2.05) is 41.8 Å². The molecule has 0 aliphatic rings. The first-order chi connectivity index (χ1) is 11.8. The number of benzene rings is 1. The maximum Gasteiger partial charge on any atom is 0.229 e. The second-order valence-electron chi connectivity index (χ2n) is 5.17. The number of amides is 1. The van der Waals surface area contributed by atoms with Gasteiger partial charge < -0.3 is 4.90 Å². The standard InChI is InChI=1S/C18H16N4OS/c1-2-15-5-3-6-16(13-15)22(14-17-7-4-12-24-17)18(23)8-10-21-11-9-19-20-21/h1,3-7,9,11-13H,8,10,14H2. The molecule has 120 valence electrons. The van der Waals surface area contributed by atoms with Gasteiger partial charge in [-0.25, -0.2) is 0 Å². The molecule has 0 unspecified atom stereocenters. The number of rotatable bonds is 6. The van der Waals surface area contributed by atoms with Crippen molar-refractivity contribution in [2.45, 2.75) is 19.5 Å². The van der Waals surface area contributed by atoms with Crippen LogP contribution in [0.2, 0.25) is 0 Å². The minimum Gasteiger partial charge on any atom is -0.307 e. The summed E-state index contributed by atoms with van der Waals surface area (Å²) in [6.45, 7) is 1.02. The van der Waals surface area contributed by atoms with Gasteiger partial charge in [-0.15, -0.1) is 22.9 Å². The molecule has 0 spiro atoms. The van der Waals surface area contributed by atoms with Crippen molar-refractivity contribution in [2.75, 3.05) is 4.90 Å². The fraction of sp³-hybridized carbons (Fsp3) is 0.167. The van der Waals surface area contributed by atoms with Crippen LogP contribution >= 0.6 is 11.3 Å². The van der Waals surface area contributed by atoms with E-state index < -0.39 is 0 Å². The van der Waals surface area contributed by atoms with Gasteiger partial charge in [0.2, 0.25) is 5.91 Å². The zero-order valence-corrected chi connectivity index (χ0v) is 13.8. The van der Waals surface area contributed by atoms with Crippen LogP contribution < -0.4 is 4.90 Å². The van der Waals surface area contributed by atoms with Crippen LogP contribution in [0.3, 0.4) is 0 Å². The third-order valence-electron chi connectivity index (χ3n) is 3.55. The minimum absolute atomic E-state index is 0.0214. The normalized spacial score (nSPS) is 10.3. The molecule has 3 rings (SSSR count). The number of hydrogen-bond donors (Lipinski definition) is 0. The van der Waals surface area contributed by atoms with E-state index in [9.17, 15) is 4.79 Å². The summed E-state index contributed by atoms with van der Waals surface area (Å²) in [7, 11) is 0. The van der Waals surface area contributed by atoms with Crippen LogP contribution in [0.25, 0.3) is 0 Å². The topological polar surface area (TPSA) is 51.0 Å². The summed E-state index contributed by atoms with van der Waals surface area (Å²) >= 11 is 1.63. The fourth-order valence-corrected chi connectivity index (χ4v) is 3.04. The largest absolute Gasteiger partial charge is 0.307 e. The van der Waals surface area contributed by atoms with Crippen molar-refractivity contribution in [1.82, 2.24) is 15.0 Å². The zero-order valence-electron chi connectivity index (χ0n) is 13.0. The van der Waals surface area contributed by atoms with E-state index in [1.165, 1.54) is 0 Å². The summed E-state index contributed by atoms with van der Waals surface area (Å²) < 4.78 is 1.65. The lowest BCUT2D eigenvalue weighted by Crippen LogP contribution is -2.31. The van der Waals surface area contributed by atoms with Crippen LogP contribution in [0, 0.1) is 12.3 Å². The van der Waals surface area contributed by atoms with Crippen molar-refractivity contribution in [1.29, 1.82) is 0 Å². The molecule has 2 heterocycles. The number of carbonyl (C=O) groups excluding carboxylic acids is 1. The van der Waals surface area contributed by atoms with Crippen molar-refractivity contribution in [3.05, 3.63) is 64.6 Å². The Morgan fingerprint density at radius 1 is 1.33 bits per heavy atom. The van der Waals surface area contributed by atoms with Gasteiger partial charge in [0.15, 0.2) is 0 Å². The van der Waals surface area contributed by atoms with Crippen molar-refractivity contribution in [3.63, 3.8) is 0 Å². The first-order valence-corrected chi connectivity index (χ1v) is 8.38. The average molecular weight is 336 g/mol. The predicted octanol–water partition coefficient (Wildman–Crippen LogP) is 2.94. The molecule has 5 nitrogen and oxygen atoms in total. The number of anilines is 1. The van der Waals surface area contributed by atoms with E-state index in [0.717, 1.165) is 16.1 Å². The van der Waals surface area contributed by atoms with E-state index in [4.69, 9.17) is 6.42 Å². The van der Waals surface area contributed by atoms with Crippen molar-refractivity contribution < 1.29 is 4.79 Å². The van der Waals surface area contributed by atoms with Gasteiger partial charge in [-0.3, -0.25) is 9.48 Å². The molecule has 2 aromatic heterocycles. The number of terminal acetylenes is 1. The lowest BCUT2D eigenvalue weighted by Gasteiger charge is -2.22. The monoisotopic (exact) mass is 336 g/mol. The molecule has 0 N–H and O–H groups in total. The maximum atomic E-state index is 12.8. The van der Waals surface area contributed by atoms with E-state index in [-0.39, 0.29) is 5.91 Å². The second kappa shape index (κ2) is 7.57. The van der Waals surface area contributed by atoms with Gasteiger partial charge in [-0.2, -0.15) is 0 Å². The molecule has 0 aliphatic carbocycles. The second-order valence-corrected chi connectivity index (χ2v) is 6.20. The molecule has 6 heteroatoms. The Bertz CT molecular complexity index is 834. The average Bonchev–Trinajstić information content (AvgIpc) is 3.31. The number of nitrogens with zero attached hydrogens (tertiary/aromatic N) is 4. The Morgan fingerprint density at radius 3 is 2.96 bits per heavy atom. The van der Waals surface area contributed by atoms with E-state index in [0.29, 0.717) is 19.5 Å². The number of aromatic nitrogens is 3. The van der Waals surface area contributed by atoms with Gasteiger partial charge in [0.1, 0.15) is 0 Å². The van der Waals surface area contributed by atoms with Crippen LogP contribution in [0.5, 0.6) is 0 Å². The molecule has 0 fully saturated rings. The molecule has 0 bridgehead atoms. The smallest absolute Gasteiger partial charge is 0.229 e. The highest BCUT2D eigenvalue weighted by Gasteiger charge is 2.17. The maximum absolute atomic E-state index is 12.8. The van der Waals surface area contributed by atoms with Gasteiger partial charge in [-0.1, -0.05) is 23.3 Å². The van der Waals surface area contributed by atoms with E-state index >= 15 is 0 Å². The first kappa shape index (κ1) is 16.0. The summed E-state index contributed by atoms with van der Waals surface area (Å²) in [4.78, 5) is 15.7. The summed E-state index contributed by atoms with van der Waals surface area (Å²) in [5, 5.41) is 9.65. The molecule has 0 saturated heterocycles.